The van der Waals surface area contributed by atoms with E-state index in [1.54, 1.807) is 5.01 Å². The van der Waals surface area contributed by atoms with E-state index in [1.807, 2.05) is 25.1 Å². The summed E-state index contributed by atoms with van der Waals surface area (Å²) in [5, 5.41) is 13.8. The van der Waals surface area contributed by atoms with E-state index in [0.29, 0.717) is 12.4 Å². The highest BCUT2D eigenvalue weighted by Crippen LogP contribution is 2.29. The normalized spacial score (nSPS) is 12.9. The number of carbonyl (C=O) groups excluding carboxylic acids is 1. The minimum absolute atomic E-state index is 0.00780. The molecule has 0 saturated carbocycles. The number of rotatable bonds is 3. The van der Waals surface area contributed by atoms with Crippen LogP contribution in [-0.4, -0.2) is 22.4 Å². The van der Waals surface area contributed by atoms with Gasteiger partial charge in [-0.2, -0.15) is 0 Å². The van der Waals surface area contributed by atoms with E-state index in [0.717, 1.165) is 28.5 Å². The van der Waals surface area contributed by atoms with Gasteiger partial charge in [-0.25, -0.2) is 4.98 Å². The Hall–Kier alpha value is -3.19. The number of nitrogens with one attached hydrogen (secondary N) is 1. The van der Waals surface area contributed by atoms with Crippen molar-refractivity contribution in [1.29, 1.82) is 0 Å². The van der Waals surface area contributed by atoms with Crippen molar-refractivity contribution in [2.75, 3.05) is 11.6 Å². The molecule has 8 heteroatoms. The highest BCUT2D eigenvalue weighted by Gasteiger charge is 2.24. The molecule has 1 aliphatic rings. The number of nitrogens with zero attached hydrogens (tertiary/aromatic N) is 3. The van der Waals surface area contributed by atoms with Crippen LogP contribution in [0.15, 0.2) is 42.5 Å². The highest BCUT2D eigenvalue weighted by atomic mass is 35.5. The van der Waals surface area contributed by atoms with Gasteiger partial charge in [0, 0.05) is 23.6 Å². The standard InChI is InChI=1S/C19H15ClN4O3/c1-11-2-3-12-9-13-6-7-23(18(13)21-16(12)8-11)22-19(25)14-4-5-15(20)17(10-14)24(26)27/h2-5,8-10H,6-7H2,1H3,(H,22,25). The van der Waals surface area contributed by atoms with Crippen LogP contribution >= 0.6 is 11.6 Å². The summed E-state index contributed by atoms with van der Waals surface area (Å²) in [5.41, 5.74) is 5.66. The fraction of sp³-hybridized carbons (Fsp3) is 0.158. The SMILES string of the molecule is Cc1ccc2cc3c(nc2c1)N(NC(=O)c1ccc(Cl)c([N+](=O)[O-])c1)CC3. The van der Waals surface area contributed by atoms with Crippen molar-refractivity contribution in [2.45, 2.75) is 13.3 Å². The molecule has 0 aliphatic carbocycles. The Bertz CT molecular complexity index is 1100. The summed E-state index contributed by atoms with van der Waals surface area (Å²) in [6, 6.07) is 12.1. The number of nitro groups is 1. The number of hydrazine groups is 1. The fourth-order valence-corrected chi connectivity index (χ4v) is 3.34. The Kier molecular flexibility index (Phi) is 4.16. The van der Waals surface area contributed by atoms with Crippen LogP contribution in [0.4, 0.5) is 11.5 Å². The van der Waals surface area contributed by atoms with Crippen LogP contribution in [0.5, 0.6) is 0 Å². The van der Waals surface area contributed by atoms with Crippen molar-refractivity contribution in [2.24, 2.45) is 0 Å². The van der Waals surface area contributed by atoms with Gasteiger partial charge in [0.1, 0.15) is 5.02 Å². The van der Waals surface area contributed by atoms with Gasteiger partial charge in [0.05, 0.1) is 10.4 Å². The fourth-order valence-electron chi connectivity index (χ4n) is 3.16. The number of aromatic nitrogens is 1. The van der Waals surface area contributed by atoms with Crippen LogP contribution in [-0.2, 0) is 6.42 Å². The Labute approximate surface area is 159 Å². The average molecular weight is 383 g/mol. The number of halogens is 1. The summed E-state index contributed by atoms with van der Waals surface area (Å²) in [4.78, 5) is 27.7. The predicted octanol–water partition coefficient (Wildman–Crippen LogP) is 3.81. The third kappa shape index (κ3) is 3.17. The lowest BCUT2D eigenvalue weighted by Gasteiger charge is -2.19. The van der Waals surface area contributed by atoms with Gasteiger partial charge in [-0.3, -0.25) is 25.3 Å². The molecule has 0 bridgehead atoms. The number of carbonyl (C=O) groups is 1. The number of anilines is 1. The molecular formula is C19H15ClN4O3. The van der Waals surface area contributed by atoms with Gasteiger partial charge in [0.25, 0.3) is 11.6 Å². The molecule has 136 valence electrons. The van der Waals surface area contributed by atoms with Crippen molar-refractivity contribution in [1.82, 2.24) is 10.4 Å². The topological polar surface area (TPSA) is 88.4 Å². The number of aryl methyl sites for hydroxylation is 1. The van der Waals surface area contributed by atoms with Crippen molar-refractivity contribution in [3.8, 4) is 0 Å². The molecular weight excluding hydrogens is 368 g/mol. The van der Waals surface area contributed by atoms with E-state index in [-0.39, 0.29) is 16.3 Å². The molecule has 0 fully saturated rings. The van der Waals surface area contributed by atoms with Crippen molar-refractivity contribution in [3.63, 3.8) is 0 Å². The van der Waals surface area contributed by atoms with Gasteiger partial charge in [0.15, 0.2) is 5.82 Å². The van der Waals surface area contributed by atoms with Gasteiger partial charge < -0.3 is 0 Å². The third-order valence-corrected chi connectivity index (χ3v) is 4.85. The molecule has 0 saturated heterocycles. The number of fused-ring (bicyclic) bond motifs is 2. The van der Waals surface area contributed by atoms with E-state index in [9.17, 15) is 14.9 Å². The number of benzene rings is 2. The molecule has 27 heavy (non-hydrogen) atoms. The van der Waals surface area contributed by atoms with Crippen LogP contribution < -0.4 is 10.4 Å². The summed E-state index contributed by atoms with van der Waals surface area (Å²) in [6.07, 6.45) is 0.757. The number of amides is 1. The highest BCUT2D eigenvalue weighted by molar-refractivity contribution is 6.32. The first-order chi connectivity index (χ1) is 12.9. The molecule has 1 amide bonds. The second-order valence-corrected chi connectivity index (χ2v) is 6.84. The van der Waals surface area contributed by atoms with Gasteiger partial charge >= 0.3 is 0 Å². The molecule has 0 atom stereocenters. The zero-order chi connectivity index (χ0) is 19.1. The molecule has 1 aromatic heterocycles. The van der Waals surface area contributed by atoms with Crippen molar-refractivity contribution in [3.05, 3.63) is 74.3 Å². The maximum atomic E-state index is 12.6. The molecule has 4 rings (SSSR count). The Morgan fingerprint density at radius 2 is 2.07 bits per heavy atom. The van der Waals surface area contributed by atoms with Gasteiger partial charge in [-0.15, -0.1) is 0 Å². The first-order valence-electron chi connectivity index (χ1n) is 8.35. The van der Waals surface area contributed by atoms with Crippen LogP contribution in [0.25, 0.3) is 10.9 Å². The molecule has 0 unspecified atom stereocenters. The predicted molar refractivity (Wildman–Crippen MR) is 103 cm³/mol. The van der Waals surface area contributed by atoms with Crippen LogP contribution in [0.3, 0.4) is 0 Å². The summed E-state index contributed by atoms with van der Waals surface area (Å²) >= 11 is 5.81. The second kappa shape index (κ2) is 6.51. The lowest BCUT2D eigenvalue weighted by atomic mass is 10.1. The minimum Gasteiger partial charge on any atom is -0.267 e. The number of nitro benzene ring substituents is 1. The average Bonchev–Trinajstić information content (AvgIpc) is 3.01. The number of hydrogen-bond acceptors (Lipinski definition) is 5. The lowest BCUT2D eigenvalue weighted by Crippen LogP contribution is -2.41. The largest absolute Gasteiger partial charge is 0.288 e. The minimum atomic E-state index is -0.611. The summed E-state index contributed by atoms with van der Waals surface area (Å²) in [7, 11) is 0. The molecule has 1 aliphatic heterocycles. The molecule has 0 radical (unpaired) electrons. The van der Waals surface area contributed by atoms with Crippen LogP contribution in [0.1, 0.15) is 21.5 Å². The molecule has 2 aromatic carbocycles. The molecule has 1 N–H and O–H groups in total. The number of hydrogen-bond donors (Lipinski definition) is 1. The third-order valence-electron chi connectivity index (χ3n) is 4.53. The van der Waals surface area contributed by atoms with Crippen LogP contribution in [0.2, 0.25) is 5.02 Å². The summed E-state index contributed by atoms with van der Waals surface area (Å²) in [5.74, 6) is 0.249. The zero-order valence-corrected chi connectivity index (χ0v) is 15.2. The summed E-state index contributed by atoms with van der Waals surface area (Å²) in [6.45, 7) is 2.58. The quantitative estimate of drug-likeness (QED) is 0.549. The first kappa shape index (κ1) is 17.2. The zero-order valence-electron chi connectivity index (χ0n) is 14.4. The smallest absolute Gasteiger partial charge is 0.267 e. The molecule has 0 spiro atoms. The van der Waals surface area contributed by atoms with E-state index in [1.165, 1.54) is 18.2 Å². The van der Waals surface area contributed by atoms with Gasteiger partial charge in [-0.1, -0.05) is 23.7 Å². The second-order valence-electron chi connectivity index (χ2n) is 6.43. The summed E-state index contributed by atoms with van der Waals surface area (Å²) < 4.78 is 0. The van der Waals surface area contributed by atoms with Crippen molar-refractivity contribution >= 4 is 39.9 Å². The van der Waals surface area contributed by atoms with E-state index in [4.69, 9.17) is 11.6 Å². The number of pyridine rings is 1. The molecule has 2 heterocycles. The monoisotopic (exact) mass is 382 g/mol. The molecule has 3 aromatic rings. The Morgan fingerprint density at radius 1 is 1.26 bits per heavy atom. The lowest BCUT2D eigenvalue weighted by molar-refractivity contribution is -0.384. The van der Waals surface area contributed by atoms with Gasteiger partial charge in [0.2, 0.25) is 0 Å². The maximum Gasteiger partial charge on any atom is 0.288 e. The molecule has 7 nitrogen and oxygen atoms in total. The Balaban J connectivity index is 1.63. The maximum absolute atomic E-state index is 12.6. The van der Waals surface area contributed by atoms with Gasteiger partial charge in [-0.05, 0) is 48.7 Å². The van der Waals surface area contributed by atoms with E-state index < -0.39 is 10.8 Å². The van der Waals surface area contributed by atoms with E-state index in [2.05, 4.69) is 16.5 Å². The Morgan fingerprint density at radius 3 is 2.85 bits per heavy atom. The van der Waals surface area contributed by atoms with E-state index >= 15 is 0 Å². The van der Waals surface area contributed by atoms with Crippen LogP contribution in [0, 0.1) is 17.0 Å². The first-order valence-corrected chi connectivity index (χ1v) is 8.73. The van der Waals surface area contributed by atoms with Crippen molar-refractivity contribution < 1.29 is 9.72 Å².